The summed E-state index contributed by atoms with van der Waals surface area (Å²) in [4.78, 5) is 19.8. The maximum absolute atomic E-state index is 12.4. The van der Waals surface area contributed by atoms with Gasteiger partial charge in [0.1, 0.15) is 0 Å². The fourth-order valence-corrected chi connectivity index (χ4v) is 4.74. The van der Waals surface area contributed by atoms with E-state index in [1.807, 2.05) is 24.3 Å². The average Bonchev–Trinajstić information content (AvgIpc) is 2.98. The molecule has 2 aliphatic rings. The monoisotopic (exact) mass is 399 g/mol. The number of aromatic nitrogens is 3. The molecule has 1 N–H and O–H groups in total. The van der Waals surface area contributed by atoms with Crippen LogP contribution in [-0.4, -0.2) is 15.1 Å². The molecule has 2 heterocycles. The first-order valence-corrected chi connectivity index (χ1v) is 9.58. The second-order valence-electron chi connectivity index (χ2n) is 7.41. The van der Waals surface area contributed by atoms with E-state index >= 15 is 0 Å². The minimum atomic E-state index is -0.193. The molecule has 0 amide bonds. The van der Waals surface area contributed by atoms with E-state index in [1.165, 1.54) is 32.1 Å². The molecule has 1 spiro atoms. The number of aromatic amines is 1. The predicted octanol–water partition coefficient (Wildman–Crippen LogP) is 4.46. The number of fused-ring (bicyclic) bond motifs is 1. The number of hydrogen-bond donors (Lipinski definition) is 1. The molecular weight excluding hydrogens is 382 g/mol. The van der Waals surface area contributed by atoms with E-state index in [1.54, 1.807) is 0 Å². The Hall–Kier alpha value is -1.95. The fourth-order valence-electron chi connectivity index (χ4n) is 4.37. The summed E-state index contributed by atoms with van der Waals surface area (Å²) in [6.45, 7) is 0. The van der Waals surface area contributed by atoms with Crippen molar-refractivity contribution in [2.75, 3.05) is 0 Å². The van der Waals surface area contributed by atoms with Crippen LogP contribution in [0.5, 0.6) is 0 Å². The van der Waals surface area contributed by atoms with Crippen LogP contribution in [0.2, 0.25) is 0 Å². The number of rotatable bonds is 3. The van der Waals surface area contributed by atoms with E-state index in [0.29, 0.717) is 28.6 Å². The molecular formula is C19H18BrN3O2. The number of halogens is 1. The molecule has 6 heteroatoms. The second-order valence-corrected chi connectivity index (χ2v) is 8.33. The summed E-state index contributed by atoms with van der Waals surface area (Å²) >= 11 is 3.46. The molecule has 2 aliphatic carbocycles. The van der Waals surface area contributed by atoms with Crippen LogP contribution in [0.4, 0.5) is 0 Å². The van der Waals surface area contributed by atoms with Crippen molar-refractivity contribution in [1.29, 1.82) is 0 Å². The molecule has 2 aromatic heterocycles. The van der Waals surface area contributed by atoms with Gasteiger partial charge in [-0.3, -0.25) is 4.79 Å². The molecule has 0 bridgehead atoms. The third kappa shape index (κ3) is 2.46. The van der Waals surface area contributed by atoms with Gasteiger partial charge < -0.3 is 9.51 Å². The summed E-state index contributed by atoms with van der Waals surface area (Å²) in [5.74, 6) is 1.69. The lowest BCUT2D eigenvalue weighted by Gasteiger charge is -2.56. The molecule has 2 saturated carbocycles. The number of nitrogens with one attached hydrogen (secondary N) is 1. The van der Waals surface area contributed by atoms with Gasteiger partial charge in [0, 0.05) is 21.8 Å². The zero-order valence-electron chi connectivity index (χ0n) is 13.7. The van der Waals surface area contributed by atoms with E-state index in [0.717, 1.165) is 21.8 Å². The zero-order chi connectivity index (χ0) is 17.0. The van der Waals surface area contributed by atoms with Crippen molar-refractivity contribution in [2.45, 2.75) is 38.5 Å². The summed E-state index contributed by atoms with van der Waals surface area (Å²) in [6.07, 6.45) is 7.48. The Balaban J connectivity index is 1.45. The van der Waals surface area contributed by atoms with E-state index in [-0.39, 0.29) is 5.56 Å². The van der Waals surface area contributed by atoms with Gasteiger partial charge >= 0.3 is 0 Å². The summed E-state index contributed by atoms with van der Waals surface area (Å²) < 4.78 is 6.42. The predicted molar refractivity (Wildman–Crippen MR) is 98.3 cm³/mol. The van der Waals surface area contributed by atoms with Crippen molar-refractivity contribution in [1.82, 2.24) is 15.1 Å². The van der Waals surface area contributed by atoms with Gasteiger partial charge in [-0.1, -0.05) is 27.5 Å². The number of hydrogen-bond acceptors (Lipinski definition) is 4. The molecule has 128 valence electrons. The van der Waals surface area contributed by atoms with Gasteiger partial charge in [-0.2, -0.15) is 4.98 Å². The molecule has 0 aliphatic heterocycles. The van der Waals surface area contributed by atoms with Crippen molar-refractivity contribution >= 4 is 26.8 Å². The highest BCUT2D eigenvalue weighted by atomic mass is 79.9. The highest BCUT2D eigenvalue weighted by Gasteiger charge is 2.50. The Morgan fingerprint density at radius 3 is 2.88 bits per heavy atom. The van der Waals surface area contributed by atoms with E-state index in [4.69, 9.17) is 4.52 Å². The van der Waals surface area contributed by atoms with Crippen LogP contribution < -0.4 is 5.56 Å². The van der Waals surface area contributed by atoms with Crippen LogP contribution in [0.1, 0.15) is 38.0 Å². The van der Waals surface area contributed by atoms with Crippen molar-refractivity contribution in [3.63, 3.8) is 0 Å². The Bertz CT molecular complexity index is 1010. The normalized spacial score (nSPS) is 21.2. The number of benzene rings is 1. The fraction of sp³-hybridized carbons (Fsp3) is 0.421. The Morgan fingerprint density at radius 1 is 1.28 bits per heavy atom. The van der Waals surface area contributed by atoms with Gasteiger partial charge in [0.2, 0.25) is 11.7 Å². The minimum Gasteiger partial charge on any atom is -0.339 e. The van der Waals surface area contributed by atoms with Crippen molar-refractivity contribution in [2.24, 2.45) is 11.3 Å². The van der Waals surface area contributed by atoms with Crippen LogP contribution >= 0.6 is 15.9 Å². The molecule has 1 atom stereocenters. The largest absolute Gasteiger partial charge is 0.339 e. The topological polar surface area (TPSA) is 71.8 Å². The van der Waals surface area contributed by atoms with Gasteiger partial charge in [-0.25, -0.2) is 0 Å². The lowest BCUT2D eigenvalue weighted by atomic mass is 9.49. The lowest BCUT2D eigenvalue weighted by molar-refractivity contribution is -0.0514. The first kappa shape index (κ1) is 15.3. The van der Waals surface area contributed by atoms with Crippen LogP contribution in [-0.2, 0) is 6.42 Å². The van der Waals surface area contributed by atoms with Gasteiger partial charge in [0.25, 0.3) is 5.56 Å². The average molecular weight is 400 g/mol. The van der Waals surface area contributed by atoms with Crippen molar-refractivity contribution < 1.29 is 4.52 Å². The van der Waals surface area contributed by atoms with E-state index in [9.17, 15) is 4.79 Å². The molecule has 0 saturated heterocycles. The summed E-state index contributed by atoms with van der Waals surface area (Å²) in [5, 5.41) is 4.99. The molecule has 3 aromatic rings. The van der Waals surface area contributed by atoms with Gasteiger partial charge in [-0.15, -0.1) is 0 Å². The quantitative estimate of drug-likeness (QED) is 0.705. The van der Waals surface area contributed by atoms with Crippen molar-refractivity contribution in [3.8, 4) is 11.4 Å². The highest BCUT2D eigenvalue weighted by Crippen LogP contribution is 2.60. The standard InChI is InChI=1S/C19H18BrN3O2/c20-13-2-3-15-11(8-13)9-14(18(24)21-15)17-22-16(25-23-17)10-12-4-7-19(12)5-1-6-19/h2-3,8-9,12H,1,4-7,10H2,(H,21,24). The molecule has 5 nitrogen and oxygen atoms in total. The summed E-state index contributed by atoms with van der Waals surface area (Å²) in [5.41, 5.74) is 1.61. The minimum absolute atomic E-state index is 0.193. The molecule has 2 fully saturated rings. The van der Waals surface area contributed by atoms with Crippen LogP contribution in [0.25, 0.3) is 22.3 Å². The summed E-state index contributed by atoms with van der Waals surface area (Å²) in [7, 11) is 0. The Labute approximate surface area is 153 Å². The third-order valence-electron chi connectivity index (χ3n) is 6.14. The maximum atomic E-state index is 12.4. The second kappa shape index (κ2) is 5.53. The van der Waals surface area contributed by atoms with E-state index < -0.39 is 0 Å². The van der Waals surface area contributed by atoms with E-state index in [2.05, 4.69) is 31.1 Å². The SMILES string of the molecule is O=c1[nH]c2ccc(Br)cc2cc1-c1noc(CC2CCC23CCC3)n1. The first-order valence-electron chi connectivity index (χ1n) is 8.79. The van der Waals surface area contributed by atoms with Gasteiger partial charge in [-0.05, 0) is 61.3 Å². The summed E-state index contributed by atoms with van der Waals surface area (Å²) in [6, 6.07) is 7.56. The number of nitrogens with zero attached hydrogens (tertiary/aromatic N) is 2. The maximum Gasteiger partial charge on any atom is 0.259 e. The highest BCUT2D eigenvalue weighted by molar-refractivity contribution is 9.10. The van der Waals surface area contributed by atoms with Gasteiger partial charge in [0.05, 0.1) is 5.56 Å². The van der Waals surface area contributed by atoms with Crippen LogP contribution in [0.15, 0.2) is 38.1 Å². The molecule has 5 rings (SSSR count). The first-order chi connectivity index (χ1) is 12.1. The zero-order valence-corrected chi connectivity index (χ0v) is 15.3. The van der Waals surface area contributed by atoms with Crippen molar-refractivity contribution in [3.05, 3.63) is 45.0 Å². The van der Waals surface area contributed by atoms with Crippen LogP contribution in [0.3, 0.4) is 0 Å². The van der Waals surface area contributed by atoms with Gasteiger partial charge in [0.15, 0.2) is 0 Å². The lowest BCUT2D eigenvalue weighted by Crippen LogP contribution is -2.46. The molecule has 0 radical (unpaired) electrons. The molecule has 1 aromatic carbocycles. The molecule has 1 unspecified atom stereocenters. The smallest absolute Gasteiger partial charge is 0.259 e. The van der Waals surface area contributed by atoms with Crippen LogP contribution in [0, 0.1) is 11.3 Å². The number of pyridine rings is 1. The Kier molecular flexibility index (Phi) is 3.39. The number of H-pyrrole nitrogens is 1. The third-order valence-corrected chi connectivity index (χ3v) is 6.64. The Morgan fingerprint density at radius 2 is 2.16 bits per heavy atom. The molecule has 25 heavy (non-hydrogen) atoms.